The Balaban J connectivity index is 1.74. The third-order valence-electron chi connectivity index (χ3n) is 6.37. The number of nitrogens with one attached hydrogen (secondary N) is 1. The first-order chi connectivity index (χ1) is 17.4. The predicted octanol–water partition coefficient (Wildman–Crippen LogP) is 6.71. The molecule has 0 aliphatic heterocycles. The van der Waals surface area contributed by atoms with Gasteiger partial charge in [0.2, 0.25) is 5.91 Å². The summed E-state index contributed by atoms with van der Waals surface area (Å²) < 4.78 is 22.6. The molecule has 1 unspecified atom stereocenters. The zero-order chi connectivity index (χ0) is 25.8. The molecular formula is C30H31NO5. The van der Waals surface area contributed by atoms with Crippen LogP contribution in [0.25, 0.3) is 27.7 Å². The smallest absolute Gasteiger partial charge is 0.244 e. The normalized spacial score (nSPS) is 12.3. The van der Waals surface area contributed by atoms with Crippen LogP contribution < -0.4 is 19.5 Å². The lowest BCUT2D eigenvalue weighted by Crippen LogP contribution is -2.24. The van der Waals surface area contributed by atoms with E-state index in [4.69, 9.17) is 18.6 Å². The molecule has 6 heteroatoms. The number of hydrogen-bond donors (Lipinski definition) is 1. The van der Waals surface area contributed by atoms with E-state index in [2.05, 4.69) is 5.32 Å². The first-order valence-corrected chi connectivity index (χ1v) is 11.7. The van der Waals surface area contributed by atoms with Crippen molar-refractivity contribution in [3.05, 3.63) is 83.6 Å². The molecule has 4 rings (SSSR count). The highest BCUT2D eigenvalue weighted by Crippen LogP contribution is 2.42. The number of ether oxygens (including phenoxy) is 3. The Hall–Kier alpha value is -4.19. The van der Waals surface area contributed by atoms with E-state index in [9.17, 15) is 4.79 Å². The number of allylic oxidation sites excluding steroid dienone is 1. The van der Waals surface area contributed by atoms with Crippen molar-refractivity contribution in [2.45, 2.75) is 26.8 Å². The average molecular weight is 486 g/mol. The van der Waals surface area contributed by atoms with E-state index in [-0.39, 0.29) is 11.9 Å². The number of carbonyl (C=O) groups is 1. The molecule has 1 heterocycles. The number of amides is 1. The minimum absolute atomic E-state index is 0.112. The highest BCUT2D eigenvalue weighted by Gasteiger charge is 2.20. The zero-order valence-corrected chi connectivity index (χ0v) is 21.5. The Kier molecular flexibility index (Phi) is 7.34. The molecule has 1 atom stereocenters. The summed E-state index contributed by atoms with van der Waals surface area (Å²) in [5.74, 6) is 1.79. The Morgan fingerprint density at radius 3 is 2.36 bits per heavy atom. The molecule has 1 N–H and O–H groups in total. The van der Waals surface area contributed by atoms with Gasteiger partial charge in [0.05, 0.1) is 33.6 Å². The van der Waals surface area contributed by atoms with Crippen LogP contribution in [0.2, 0.25) is 0 Å². The van der Waals surface area contributed by atoms with Crippen LogP contribution in [0, 0.1) is 6.92 Å². The number of aryl methyl sites for hydroxylation is 1. The number of fused-ring (bicyclic) bond motifs is 1. The number of furan rings is 1. The predicted molar refractivity (Wildman–Crippen MR) is 143 cm³/mol. The summed E-state index contributed by atoms with van der Waals surface area (Å²) in [4.78, 5) is 12.9. The lowest BCUT2D eigenvalue weighted by Gasteiger charge is -2.15. The van der Waals surface area contributed by atoms with Gasteiger partial charge in [-0.25, -0.2) is 0 Å². The summed E-state index contributed by atoms with van der Waals surface area (Å²) in [5, 5.41) is 3.96. The highest BCUT2D eigenvalue weighted by molar-refractivity contribution is 6.02. The molecule has 0 fully saturated rings. The quantitative estimate of drug-likeness (QED) is 0.281. The molecule has 6 nitrogen and oxygen atoms in total. The van der Waals surface area contributed by atoms with E-state index < -0.39 is 0 Å². The SMILES string of the molecule is COc1ccc(-c2coc3c(C)c(OC)c(/C(C)=C/C(=O)NC(C)c4ccccc4)cc23)cc1OC. The van der Waals surface area contributed by atoms with Crippen LogP contribution in [0.3, 0.4) is 0 Å². The van der Waals surface area contributed by atoms with Gasteiger partial charge in [0.1, 0.15) is 11.3 Å². The highest BCUT2D eigenvalue weighted by atomic mass is 16.5. The van der Waals surface area contributed by atoms with Gasteiger partial charge in [0, 0.05) is 28.2 Å². The van der Waals surface area contributed by atoms with Gasteiger partial charge in [0.25, 0.3) is 0 Å². The van der Waals surface area contributed by atoms with E-state index in [1.807, 2.05) is 75.4 Å². The maximum Gasteiger partial charge on any atom is 0.244 e. The molecule has 36 heavy (non-hydrogen) atoms. The fraction of sp³-hybridized carbons (Fsp3) is 0.233. The van der Waals surface area contributed by atoms with Gasteiger partial charge >= 0.3 is 0 Å². The van der Waals surface area contributed by atoms with Crippen molar-refractivity contribution in [1.82, 2.24) is 5.32 Å². The molecule has 1 aromatic heterocycles. The summed E-state index contributed by atoms with van der Waals surface area (Å²) in [6.45, 7) is 5.83. The Bertz CT molecular complexity index is 1420. The van der Waals surface area contributed by atoms with E-state index in [1.165, 1.54) is 0 Å². The minimum Gasteiger partial charge on any atom is -0.496 e. The minimum atomic E-state index is -0.170. The molecule has 0 aliphatic carbocycles. The van der Waals surface area contributed by atoms with E-state index in [0.717, 1.165) is 44.4 Å². The molecule has 3 aromatic carbocycles. The van der Waals surface area contributed by atoms with E-state index in [1.54, 1.807) is 33.7 Å². The summed E-state index contributed by atoms with van der Waals surface area (Å²) in [6.07, 6.45) is 3.34. The maximum absolute atomic E-state index is 12.9. The first kappa shape index (κ1) is 24.9. The van der Waals surface area contributed by atoms with Gasteiger partial charge < -0.3 is 23.9 Å². The average Bonchev–Trinajstić information content (AvgIpc) is 3.33. The molecule has 4 aromatic rings. The van der Waals surface area contributed by atoms with E-state index >= 15 is 0 Å². The van der Waals surface area contributed by atoms with Gasteiger partial charge in [-0.1, -0.05) is 36.4 Å². The lowest BCUT2D eigenvalue weighted by molar-refractivity contribution is -0.117. The van der Waals surface area contributed by atoms with Crippen LogP contribution in [-0.2, 0) is 4.79 Å². The van der Waals surface area contributed by atoms with Crippen molar-refractivity contribution in [1.29, 1.82) is 0 Å². The fourth-order valence-corrected chi connectivity index (χ4v) is 4.45. The van der Waals surface area contributed by atoms with Crippen LogP contribution in [0.1, 0.15) is 36.6 Å². The molecule has 186 valence electrons. The number of methoxy groups -OCH3 is 3. The van der Waals surface area contributed by atoms with E-state index in [0.29, 0.717) is 17.2 Å². The van der Waals surface area contributed by atoms with Gasteiger partial charge in [-0.05, 0) is 55.7 Å². The largest absolute Gasteiger partial charge is 0.496 e. The molecule has 0 aliphatic rings. The van der Waals surface area contributed by atoms with Gasteiger partial charge in [-0.3, -0.25) is 4.79 Å². The number of hydrogen-bond acceptors (Lipinski definition) is 5. The summed E-state index contributed by atoms with van der Waals surface area (Å²) in [5.41, 5.74) is 6.09. The molecule has 0 spiro atoms. The monoisotopic (exact) mass is 485 g/mol. The van der Waals surface area contributed by atoms with Crippen LogP contribution in [0.4, 0.5) is 0 Å². The third-order valence-corrected chi connectivity index (χ3v) is 6.37. The van der Waals surface area contributed by atoms with Gasteiger partial charge in [-0.2, -0.15) is 0 Å². The fourth-order valence-electron chi connectivity index (χ4n) is 4.45. The number of benzene rings is 3. The van der Waals surface area contributed by atoms with Crippen molar-refractivity contribution in [2.75, 3.05) is 21.3 Å². The molecule has 0 saturated heterocycles. The number of rotatable bonds is 8. The van der Waals surface area contributed by atoms with Crippen LogP contribution in [-0.4, -0.2) is 27.2 Å². The first-order valence-electron chi connectivity index (χ1n) is 11.7. The molecule has 0 bridgehead atoms. The third kappa shape index (κ3) is 4.80. The Morgan fingerprint density at radius 1 is 0.972 bits per heavy atom. The summed E-state index contributed by atoms with van der Waals surface area (Å²) in [6, 6.07) is 17.5. The molecular weight excluding hydrogens is 454 g/mol. The Labute approximate surface area is 211 Å². The van der Waals surface area contributed by atoms with Crippen LogP contribution in [0.5, 0.6) is 17.2 Å². The molecule has 0 radical (unpaired) electrons. The van der Waals surface area contributed by atoms with Crippen molar-refractivity contribution in [3.63, 3.8) is 0 Å². The van der Waals surface area contributed by atoms with Gasteiger partial charge in [-0.15, -0.1) is 0 Å². The second kappa shape index (κ2) is 10.6. The van der Waals surface area contributed by atoms with Gasteiger partial charge in [0.15, 0.2) is 11.5 Å². The zero-order valence-electron chi connectivity index (χ0n) is 21.5. The molecule has 0 saturated carbocycles. The lowest BCUT2D eigenvalue weighted by atomic mass is 9.96. The standard InChI is InChI=1S/C30H31NO5/c1-18(14-28(32)31-20(3)21-10-8-7-9-11-21)23-16-24-25(17-36-30(24)19(2)29(23)35-6)22-12-13-26(33-4)27(15-22)34-5/h7-17,20H,1-6H3,(H,31,32)/b18-14+. The van der Waals surface area contributed by atoms with Crippen molar-refractivity contribution in [3.8, 4) is 28.4 Å². The summed E-state index contributed by atoms with van der Waals surface area (Å²) in [7, 11) is 4.85. The maximum atomic E-state index is 12.9. The molecule has 1 amide bonds. The van der Waals surface area contributed by atoms with Crippen molar-refractivity contribution in [2.24, 2.45) is 0 Å². The van der Waals surface area contributed by atoms with Crippen molar-refractivity contribution < 1.29 is 23.4 Å². The topological polar surface area (TPSA) is 69.9 Å². The van der Waals surface area contributed by atoms with Crippen molar-refractivity contribution >= 4 is 22.4 Å². The van der Waals surface area contributed by atoms with Crippen LogP contribution in [0.15, 0.2) is 71.4 Å². The van der Waals surface area contributed by atoms with Crippen LogP contribution >= 0.6 is 0 Å². The number of carbonyl (C=O) groups excluding carboxylic acids is 1. The summed E-state index contributed by atoms with van der Waals surface area (Å²) >= 11 is 0. The second-order valence-electron chi connectivity index (χ2n) is 8.65. The second-order valence-corrected chi connectivity index (χ2v) is 8.65. The Morgan fingerprint density at radius 2 is 1.69 bits per heavy atom.